The van der Waals surface area contributed by atoms with Gasteiger partial charge in [0.2, 0.25) is 10.3 Å². The molecule has 9 heteroatoms. The van der Waals surface area contributed by atoms with E-state index in [9.17, 15) is 14.9 Å². The van der Waals surface area contributed by atoms with Crippen molar-refractivity contribution in [2.75, 3.05) is 7.11 Å². The fraction of sp³-hybridized carbons (Fsp3) is 0.250. The van der Waals surface area contributed by atoms with Crippen molar-refractivity contribution in [2.45, 2.75) is 18.5 Å². The number of ether oxygens (including phenoxy) is 1. The minimum absolute atomic E-state index is 0.0447. The molecular weight excluding hydrogens is 296 g/mol. The first-order valence-corrected chi connectivity index (χ1v) is 6.72. The summed E-state index contributed by atoms with van der Waals surface area (Å²) >= 11 is 0.890. The van der Waals surface area contributed by atoms with Crippen LogP contribution in [0.4, 0.5) is 5.69 Å². The van der Waals surface area contributed by atoms with Crippen LogP contribution in [0.5, 0.6) is 5.75 Å². The first kappa shape index (κ1) is 15.0. The van der Waals surface area contributed by atoms with Gasteiger partial charge in [-0.2, -0.15) is 0 Å². The highest BCUT2D eigenvalue weighted by Crippen LogP contribution is 2.28. The highest BCUT2D eigenvalue weighted by Gasteiger charge is 2.17. The highest BCUT2D eigenvalue weighted by atomic mass is 32.2. The second kappa shape index (κ2) is 6.35. The topological polar surface area (TPSA) is 111 Å². The number of nitrogens with one attached hydrogen (secondary N) is 1. The number of nitrogens with zero attached hydrogens (tertiary/aromatic N) is 3. The molecule has 0 atom stereocenters. The Labute approximate surface area is 124 Å². The number of aromatic nitrogens is 3. The molecule has 2 aromatic rings. The number of nitro benzene ring substituents is 1. The molecule has 0 bridgehead atoms. The smallest absolute Gasteiger partial charge is 0.311 e. The Morgan fingerprint density at radius 2 is 2.29 bits per heavy atom. The molecule has 0 fully saturated rings. The van der Waals surface area contributed by atoms with E-state index in [-0.39, 0.29) is 23.0 Å². The van der Waals surface area contributed by atoms with Crippen molar-refractivity contribution in [2.24, 2.45) is 0 Å². The molecule has 110 valence electrons. The number of hydrogen-bond acceptors (Lipinski definition) is 7. The van der Waals surface area contributed by atoms with Crippen molar-refractivity contribution >= 4 is 22.6 Å². The average Bonchev–Trinajstić information content (AvgIpc) is 2.83. The van der Waals surface area contributed by atoms with Gasteiger partial charge in [0.1, 0.15) is 5.82 Å². The van der Waals surface area contributed by atoms with Gasteiger partial charge in [-0.15, -0.1) is 5.10 Å². The third kappa shape index (κ3) is 3.78. The maximum absolute atomic E-state index is 11.9. The second-order valence-electron chi connectivity index (χ2n) is 4.12. The van der Waals surface area contributed by atoms with Crippen molar-refractivity contribution in [1.82, 2.24) is 15.2 Å². The van der Waals surface area contributed by atoms with Crippen LogP contribution in [-0.4, -0.2) is 32.3 Å². The number of H-pyrrole nitrogens is 1. The monoisotopic (exact) mass is 308 g/mol. The van der Waals surface area contributed by atoms with Crippen LogP contribution in [0, 0.1) is 17.0 Å². The Morgan fingerprint density at radius 1 is 1.52 bits per heavy atom. The zero-order chi connectivity index (χ0) is 15.4. The minimum Gasteiger partial charge on any atom is -0.490 e. The van der Waals surface area contributed by atoms with Gasteiger partial charge < -0.3 is 4.74 Å². The molecule has 0 aliphatic carbocycles. The van der Waals surface area contributed by atoms with Gasteiger partial charge in [0, 0.05) is 12.5 Å². The van der Waals surface area contributed by atoms with E-state index in [1.165, 1.54) is 19.2 Å². The molecule has 1 aromatic carbocycles. The number of nitro groups is 1. The number of carbonyl (C=O) groups is 1. The Balaban J connectivity index is 2.10. The number of aromatic amines is 1. The lowest BCUT2D eigenvalue weighted by Gasteiger charge is -2.04. The largest absolute Gasteiger partial charge is 0.490 e. The fourth-order valence-corrected chi connectivity index (χ4v) is 2.38. The van der Waals surface area contributed by atoms with Crippen molar-refractivity contribution in [3.05, 3.63) is 39.7 Å². The Hall–Kier alpha value is -2.42. The SMILES string of the molecule is COc1ccc(CC(=O)Sc2n[nH]c(C)n2)cc1[N+](=O)[O-]. The van der Waals surface area contributed by atoms with E-state index in [4.69, 9.17) is 4.74 Å². The van der Waals surface area contributed by atoms with Gasteiger partial charge >= 0.3 is 5.69 Å². The standard InChI is InChI=1S/C12H12N4O4S/c1-7-13-12(15-14-7)21-11(17)6-8-3-4-10(20-2)9(5-8)16(18)19/h3-5H,6H2,1-2H3,(H,13,14,15). The van der Waals surface area contributed by atoms with Crippen LogP contribution in [0.2, 0.25) is 0 Å². The van der Waals surface area contributed by atoms with Crippen molar-refractivity contribution in [3.63, 3.8) is 0 Å². The first-order chi connectivity index (χ1) is 9.99. The van der Waals surface area contributed by atoms with E-state index < -0.39 is 4.92 Å². The molecule has 0 aliphatic rings. The highest BCUT2D eigenvalue weighted by molar-refractivity contribution is 8.13. The average molecular weight is 308 g/mol. The van der Waals surface area contributed by atoms with E-state index in [1.807, 2.05) is 0 Å². The summed E-state index contributed by atoms with van der Waals surface area (Å²) in [7, 11) is 1.36. The third-order valence-electron chi connectivity index (χ3n) is 2.57. The van der Waals surface area contributed by atoms with E-state index in [0.29, 0.717) is 16.5 Å². The molecular formula is C12H12N4O4S. The molecule has 1 aromatic heterocycles. The summed E-state index contributed by atoms with van der Waals surface area (Å²) in [5.41, 5.74) is 0.369. The van der Waals surface area contributed by atoms with E-state index >= 15 is 0 Å². The maximum atomic E-state index is 11.9. The van der Waals surface area contributed by atoms with Crippen LogP contribution in [0.1, 0.15) is 11.4 Å². The molecule has 0 unspecified atom stereocenters. The summed E-state index contributed by atoms with van der Waals surface area (Å²) in [5, 5.41) is 17.5. The number of aryl methyl sites for hydroxylation is 1. The zero-order valence-corrected chi connectivity index (χ0v) is 12.1. The number of hydrogen-bond donors (Lipinski definition) is 1. The van der Waals surface area contributed by atoms with E-state index in [0.717, 1.165) is 11.8 Å². The molecule has 1 heterocycles. The molecule has 1 N–H and O–H groups in total. The summed E-state index contributed by atoms with van der Waals surface area (Å²) in [4.78, 5) is 26.3. The van der Waals surface area contributed by atoms with Crippen molar-refractivity contribution < 1.29 is 14.5 Å². The first-order valence-electron chi connectivity index (χ1n) is 5.90. The Kier molecular flexibility index (Phi) is 4.53. The summed E-state index contributed by atoms with van der Waals surface area (Å²) in [6.07, 6.45) is 0.0447. The Bertz CT molecular complexity index is 686. The number of methoxy groups -OCH3 is 1. The molecule has 21 heavy (non-hydrogen) atoms. The molecule has 0 aliphatic heterocycles. The van der Waals surface area contributed by atoms with E-state index in [1.54, 1.807) is 13.0 Å². The van der Waals surface area contributed by atoms with Gasteiger partial charge in [-0.3, -0.25) is 20.0 Å². The Morgan fingerprint density at radius 3 is 2.86 bits per heavy atom. The summed E-state index contributed by atoms with van der Waals surface area (Å²) in [6.45, 7) is 1.73. The number of benzene rings is 1. The zero-order valence-electron chi connectivity index (χ0n) is 11.3. The van der Waals surface area contributed by atoms with Crippen LogP contribution in [0.15, 0.2) is 23.4 Å². The van der Waals surface area contributed by atoms with Crippen molar-refractivity contribution in [1.29, 1.82) is 0 Å². The second-order valence-corrected chi connectivity index (χ2v) is 5.14. The van der Waals surface area contributed by atoms with Crippen LogP contribution >= 0.6 is 11.8 Å². The molecule has 0 saturated heterocycles. The molecule has 0 radical (unpaired) electrons. The quantitative estimate of drug-likeness (QED) is 0.510. The predicted molar refractivity (Wildman–Crippen MR) is 75.3 cm³/mol. The summed E-state index contributed by atoms with van der Waals surface area (Å²) in [5.74, 6) is 0.777. The van der Waals surface area contributed by atoms with Crippen LogP contribution in [0.25, 0.3) is 0 Å². The lowest BCUT2D eigenvalue weighted by atomic mass is 10.1. The minimum atomic E-state index is -0.543. The van der Waals surface area contributed by atoms with Gasteiger partial charge in [-0.1, -0.05) is 6.07 Å². The lowest BCUT2D eigenvalue weighted by Crippen LogP contribution is -2.00. The van der Waals surface area contributed by atoms with Crippen LogP contribution in [0.3, 0.4) is 0 Å². The van der Waals surface area contributed by atoms with Gasteiger partial charge in [-0.25, -0.2) is 4.98 Å². The van der Waals surface area contributed by atoms with Crippen LogP contribution in [-0.2, 0) is 11.2 Å². The third-order valence-corrected chi connectivity index (χ3v) is 3.31. The molecule has 0 spiro atoms. The van der Waals surface area contributed by atoms with E-state index in [2.05, 4.69) is 15.2 Å². The lowest BCUT2D eigenvalue weighted by molar-refractivity contribution is -0.385. The van der Waals surface area contributed by atoms with Gasteiger partial charge in [0.15, 0.2) is 5.75 Å². The fourth-order valence-electron chi connectivity index (χ4n) is 1.66. The molecule has 0 amide bonds. The molecule has 0 saturated carbocycles. The molecule has 8 nitrogen and oxygen atoms in total. The number of thioether (sulfide) groups is 1. The van der Waals surface area contributed by atoms with Gasteiger partial charge in [0.05, 0.1) is 12.0 Å². The summed E-state index contributed by atoms with van der Waals surface area (Å²) < 4.78 is 4.91. The van der Waals surface area contributed by atoms with Gasteiger partial charge in [-0.05, 0) is 30.3 Å². The van der Waals surface area contributed by atoms with Gasteiger partial charge in [0.25, 0.3) is 0 Å². The maximum Gasteiger partial charge on any atom is 0.311 e. The predicted octanol–water partition coefficient (Wildman–Crippen LogP) is 1.89. The number of rotatable bonds is 5. The molecule has 2 rings (SSSR count). The van der Waals surface area contributed by atoms with Crippen molar-refractivity contribution in [3.8, 4) is 5.75 Å². The number of carbonyl (C=O) groups excluding carboxylic acids is 1. The van der Waals surface area contributed by atoms with Crippen LogP contribution < -0.4 is 4.74 Å². The normalized spacial score (nSPS) is 10.4. The summed E-state index contributed by atoms with van der Waals surface area (Å²) in [6, 6.07) is 4.43.